The molecular weight excluding hydrogens is 278 g/mol. The van der Waals surface area contributed by atoms with E-state index in [-0.39, 0.29) is 11.8 Å². The molecule has 0 heterocycles. The minimum atomic E-state index is -0.0154. The number of benzene rings is 1. The number of carbonyl (C=O) groups is 2. The first-order valence-electron chi connectivity index (χ1n) is 7.65. The first-order valence-corrected chi connectivity index (χ1v) is 7.65. The lowest BCUT2D eigenvalue weighted by atomic mass is 10.1. The number of aryl methyl sites for hydroxylation is 1. The average Bonchev–Trinajstić information content (AvgIpc) is 2.45. The number of anilines is 1. The maximum atomic E-state index is 12.3. The molecule has 0 unspecified atom stereocenters. The maximum Gasteiger partial charge on any atom is 0.253 e. The fraction of sp³-hybridized carbons (Fsp3) is 0.529. The van der Waals surface area contributed by atoms with Gasteiger partial charge < -0.3 is 15.5 Å². The molecular formula is C17H27N3O2. The molecule has 0 saturated heterocycles. The van der Waals surface area contributed by atoms with Crippen molar-refractivity contribution in [2.45, 2.75) is 27.2 Å². The van der Waals surface area contributed by atoms with Gasteiger partial charge in [0.15, 0.2) is 0 Å². The van der Waals surface area contributed by atoms with Gasteiger partial charge in [-0.15, -0.1) is 0 Å². The molecule has 1 aromatic carbocycles. The third-order valence-electron chi connectivity index (χ3n) is 3.38. The molecule has 0 aliphatic heterocycles. The van der Waals surface area contributed by atoms with Gasteiger partial charge in [-0.3, -0.25) is 9.59 Å². The van der Waals surface area contributed by atoms with Crippen molar-refractivity contribution >= 4 is 17.5 Å². The lowest BCUT2D eigenvalue weighted by Crippen LogP contribution is -2.32. The standard InChI is InChI=1S/C17H27N3O2/c1-12(2)10-16(21)19-15-7-6-14(11-13(15)3)17(22)20(5)9-8-18-4/h6-7,11-12,18H,8-10H2,1-5H3,(H,19,21). The topological polar surface area (TPSA) is 61.4 Å². The predicted molar refractivity (Wildman–Crippen MR) is 90.2 cm³/mol. The number of nitrogens with one attached hydrogen (secondary N) is 2. The summed E-state index contributed by atoms with van der Waals surface area (Å²) in [7, 11) is 3.64. The number of hydrogen-bond donors (Lipinski definition) is 2. The highest BCUT2D eigenvalue weighted by atomic mass is 16.2. The van der Waals surface area contributed by atoms with E-state index in [0.717, 1.165) is 17.8 Å². The Kier molecular flexibility index (Phi) is 7.05. The summed E-state index contributed by atoms with van der Waals surface area (Å²) in [5.41, 5.74) is 2.29. The molecule has 22 heavy (non-hydrogen) atoms. The molecule has 0 aromatic heterocycles. The van der Waals surface area contributed by atoms with Crippen molar-refractivity contribution in [2.24, 2.45) is 5.92 Å². The largest absolute Gasteiger partial charge is 0.340 e. The molecule has 1 aromatic rings. The molecule has 2 N–H and O–H groups in total. The van der Waals surface area contributed by atoms with Gasteiger partial charge in [0.2, 0.25) is 5.91 Å². The summed E-state index contributed by atoms with van der Waals surface area (Å²) in [5.74, 6) is 0.309. The van der Waals surface area contributed by atoms with E-state index < -0.39 is 0 Å². The molecule has 0 aliphatic carbocycles. The molecule has 0 aliphatic rings. The Labute approximate surface area is 133 Å². The third-order valence-corrected chi connectivity index (χ3v) is 3.38. The van der Waals surface area contributed by atoms with E-state index in [9.17, 15) is 9.59 Å². The SMILES string of the molecule is CNCCN(C)C(=O)c1ccc(NC(=O)CC(C)C)c(C)c1. The number of carbonyl (C=O) groups excluding carboxylic acids is 2. The molecule has 1 rings (SSSR count). The van der Waals surface area contributed by atoms with Crippen LogP contribution in [0.25, 0.3) is 0 Å². The lowest BCUT2D eigenvalue weighted by Gasteiger charge is -2.18. The highest BCUT2D eigenvalue weighted by Gasteiger charge is 2.13. The van der Waals surface area contributed by atoms with E-state index >= 15 is 0 Å². The van der Waals surface area contributed by atoms with Crippen LogP contribution in [0, 0.1) is 12.8 Å². The van der Waals surface area contributed by atoms with Crippen LogP contribution in [0.15, 0.2) is 18.2 Å². The summed E-state index contributed by atoms with van der Waals surface area (Å²) in [6.45, 7) is 7.32. The van der Waals surface area contributed by atoms with Crippen LogP contribution in [0.1, 0.15) is 36.2 Å². The molecule has 0 saturated carbocycles. The monoisotopic (exact) mass is 305 g/mol. The van der Waals surface area contributed by atoms with Gasteiger partial charge >= 0.3 is 0 Å². The van der Waals surface area contributed by atoms with E-state index in [1.54, 1.807) is 24.1 Å². The Bertz CT molecular complexity index is 527. The Morgan fingerprint density at radius 3 is 2.50 bits per heavy atom. The second kappa shape index (κ2) is 8.54. The number of likely N-dealkylation sites (N-methyl/N-ethyl adjacent to an activating group) is 2. The highest BCUT2D eigenvalue weighted by Crippen LogP contribution is 2.18. The van der Waals surface area contributed by atoms with Gasteiger partial charge in [-0.25, -0.2) is 0 Å². The minimum Gasteiger partial charge on any atom is -0.340 e. The van der Waals surface area contributed by atoms with Crippen LogP contribution in [-0.4, -0.2) is 43.9 Å². The molecule has 122 valence electrons. The van der Waals surface area contributed by atoms with Crippen molar-refractivity contribution in [2.75, 3.05) is 32.5 Å². The van der Waals surface area contributed by atoms with Crippen molar-refractivity contribution in [1.29, 1.82) is 0 Å². The Morgan fingerprint density at radius 2 is 1.95 bits per heavy atom. The smallest absolute Gasteiger partial charge is 0.253 e. The second-order valence-electron chi connectivity index (χ2n) is 6.01. The van der Waals surface area contributed by atoms with Gasteiger partial charge in [-0.1, -0.05) is 13.8 Å². The van der Waals surface area contributed by atoms with Crippen LogP contribution in [0.4, 0.5) is 5.69 Å². The zero-order valence-electron chi connectivity index (χ0n) is 14.2. The first kappa shape index (κ1) is 18.2. The highest BCUT2D eigenvalue weighted by molar-refractivity contribution is 5.96. The first-order chi connectivity index (χ1) is 10.3. The number of amides is 2. The van der Waals surface area contributed by atoms with Crippen LogP contribution in [-0.2, 0) is 4.79 Å². The van der Waals surface area contributed by atoms with Crippen LogP contribution < -0.4 is 10.6 Å². The fourth-order valence-electron chi connectivity index (χ4n) is 2.11. The van der Waals surface area contributed by atoms with Crippen LogP contribution in [0.3, 0.4) is 0 Å². The lowest BCUT2D eigenvalue weighted by molar-refractivity contribution is -0.116. The van der Waals surface area contributed by atoms with Gasteiger partial charge in [-0.2, -0.15) is 0 Å². The summed E-state index contributed by atoms with van der Waals surface area (Å²) >= 11 is 0. The number of rotatable bonds is 7. The summed E-state index contributed by atoms with van der Waals surface area (Å²) in [5, 5.41) is 5.92. The molecule has 0 atom stereocenters. The second-order valence-corrected chi connectivity index (χ2v) is 6.01. The van der Waals surface area contributed by atoms with Gasteiger partial charge in [-0.05, 0) is 43.7 Å². The third kappa shape index (κ3) is 5.48. The number of hydrogen-bond acceptors (Lipinski definition) is 3. The van der Waals surface area contributed by atoms with Gasteiger partial charge in [0.1, 0.15) is 0 Å². The van der Waals surface area contributed by atoms with Gasteiger partial charge in [0.25, 0.3) is 5.91 Å². The van der Waals surface area contributed by atoms with Crippen molar-refractivity contribution in [3.05, 3.63) is 29.3 Å². The molecule has 2 amide bonds. The van der Waals surface area contributed by atoms with E-state index in [1.165, 1.54) is 0 Å². The average molecular weight is 305 g/mol. The molecule has 0 spiro atoms. The van der Waals surface area contributed by atoms with Crippen molar-refractivity contribution in [3.8, 4) is 0 Å². The Balaban J connectivity index is 2.76. The zero-order valence-corrected chi connectivity index (χ0v) is 14.2. The zero-order chi connectivity index (χ0) is 16.7. The quantitative estimate of drug-likeness (QED) is 0.812. The molecule has 5 nitrogen and oxygen atoms in total. The van der Waals surface area contributed by atoms with Crippen LogP contribution in [0.2, 0.25) is 0 Å². The van der Waals surface area contributed by atoms with Crippen molar-refractivity contribution < 1.29 is 9.59 Å². The fourth-order valence-corrected chi connectivity index (χ4v) is 2.11. The van der Waals surface area contributed by atoms with Crippen LogP contribution in [0.5, 0.6) is 0 Å². The summed E-state index contributed by atoms with van der Waals surface area (Å²) in [4.78, 5) is 25.8. The van der Waals surface area contributed by atoms with Crippen molar-refractivity contribution in [1.82, 2.24) is 10.2 Å². The summed E-state index contributed by atoms with van der Waals surface area (Å²) in [6, 6.07) is 5.38. The van der Waals surface area contributed by atoms with Crippen LogP contribution >= 0.6 is 0 Å². The van der Waals surface area contributed by atoms with E-state index in [2.05, 4.69) is 10.6 Å². The predicted octanol–water partition coefficient (Wildman–Crippen LogP) is 2.27. The molecule has 0 bridgehead atoms. The normalized spacial score (nSPS) is 10.6. The summed E-state index contributed by atoms with van der Waals surface area (Å²) < 4.78 is 0. The Morgan fingerprint density at radius 1 is 1.27 bits per heavy atom. The van der Waals surface area contributed by atoms with E-state index in [0.29, 0.717) is 24.4 Å². The molecule has 5 heteroatoms. The molecule has 0 fully saturated rings. The number of nitrogens with zero attached hydrogens (tertiary/aromatic N) is 1. The van der Waals surface area contributed by atoms with Crippen molar-refractivity contribution in [3.63, 3.8) is 0 Å². The molecule has 0 radical (unpaired) electrons. The van der Waals surface area contributed by atoms with E-state index in [4.69, 9.17) is 0 Å². The van der Waals surface area contributed by atoms with Gasteiger partial charge in [0, 0.05) is 37.8 Å². The minimum absolute atomic E-state index is 0.00307. The van der Waals surface area contributed by atoms with E-state index in [1.807, 2.05) is 33.9 Å². The Hall–Kier alpha value is -1.88. The maximum absolute atomic E-state index is 12.3. The van der Waals surface area contributed by atoms with Gasteiger partial charge in [0.05, 0.1) is 0 Å². The summed E-state index contributed by atoms with van der Waals surface area (Å²) in [6.07, 6.45) is 0.493.